The highest BCUT2D eigenvalue weighted by Crippen LogP contribution is 2.13. The highest BCUT2D eigenvalue weighted by Gasteiger charge is 2.04. The summed E-state index contributed by atoms with van der Waals surface area (Å²) in [6.07, 6.45) is 19.3. The molecule has 0 aliphatic rings. The van der Waals surface area contributed by atoms with Crippen LogP contribution in [-0.2, 0) is 19.1 Å². The van der Waals surface area contributed by atoms with Gasteiger partial charge < -0.3 is 24.7 Å². The lowest BCUT2D eigenvalue weighted by Crippen LogP contribution is -2.24. The van der Waals surface area contributed by atoms with Crippen LogP contribution in [0.15, 0.2) is 0 Å². The lowest BCUT2D eigenvalue weighted by atomic mass is 10.0. The number of carbonyl (C=O) groups is 3. The first-order valence-electron chi connectivity index (χ1n) is 14.9. The lowest BCUT2D eigenvalue weighted by molar-refractivity contribution is -0.122. The number of nitrogens with one attached hydrogen (secondary N) is 1. The second-order valence-electron chi connectivity index (χ2n) is 10.5. The Morgan fingerprint density at radius 1 is 0.757 bits per heavy atom. The van der Waals surface area contributed by atoms with Crippen molar-refractivity contribution in [3.8, 4) is 0 Å². The van der Waals surface area contributed by atoms with Crippen LogP contribution in [0.25, 0.3) is 0 Å². The molecule has 0 fully saturated rings. The van der Waals surface area contributed by atoms with Gasteiger partial charge in [-0.2, -0.15) is 0 Å². The number of methoxy groups -OCH3 is 1. The molecule has 6 heteroatoms. The average molecular weight is 532 g/mol. The van der Waals surface area contributed by atoms with Crippen molar-refractivity contribution in [3.63, 3.8) is 0 Å². The van der Waals surface area contributed by atoms with Crippen LogP contribution in [0, 0.1) is 0 Å². The average Bonchev–Trinajstić information content (AvgIpc) is 2.83. The number of rotatable bonds is 19. The second kappa shape index (κ2) is 34.7. The van der Waals surface area contributed by atoms with Crippen LogP contribution in [0.3, 0.4) is 0 Å². The minimum Gasteiger partial charge on any atom is -0.394 e. The van der Waals surface area contributed by atoms with Gasteiger partial charge in [-0.25, -0.2) is 0 Å². The summed E-state index contributed by atoms with van der Waals surface area (Å²) in [5.41, 5.74) is 0.0417. The maximum Gasteiger partial charge on any atom is 0.220 e. The van der Waals surface area contributed by atoms with Gasteiger partial charge in [0.15, 0.2) is 0 Å². The molecular formula is C31H65NO5. The van der Waals surface area contributed by atoms with Gasteiger partial charge in [0.05, 0.1) is 12.1 Å². The molecule has 0 aromatic carbocycles. The Hall–Kier alpha value is -1.27. The largest absolute Gasteiger partial charge is 0.394 e. The van der Waals surface area contributed by atoms with E-state index in [1.54, 1.807) is 27.9 Å². The summed E-state index contributed by atoms with van der Waals surface area (Å²) in [5.74, 6) is 0.311. The summed E-state index contributed by atoms with van der Waals surface area (Å²) in [7, 11) is 1.71. The smallest absolute Gasteiger partial charge is 0.220 e. The second-order valence-corrected chi connectivity index (χ2v) is 10.5. The van der Waals surface area contributed by atoms with E-state index in [2.05, 4.69) is 5.32 Å². The molecule has 37 heavy (non-hydrogen) atoms. The van der Waals surface area contributed by atoms with Crippen LogP contribution in [-0.4, -0.2) is 48.4 Å². The molecular weight excluding hydrogens is 466 g/mol. The van der Waals surface area contributed by atoms with E-state index in [1.165, 1.54) is 70.6 Å². The maximum absolute atomic E-state index is 11.3. The normalized spacial score (nSPS) is 10.2. The summed E-state index contributed by atoms with van der Waals surface area (Å²) < 4.78 is 4.94. The van der Waals surface area contributed by atoms with Crippen molar-refractivity contribution in [1.29, 1.82) is 0 Å². The van der Waals surface area contributed by atoms with Gasteiger partial charge in [-0.1, -0.05) is 90.9 Å². The van der Waals surface area contributed by atoms with Crippen molar-refractivity contribution in [3.05, 3.63) is 0 Å². The van der Waals surface area contributed by atoms with Crippen LogP contribution in [0.4, 0.5) is 0 Å². The van der Waals surface area contributed by atoms with Crippen LogP contribution < -0.4 is 5.32 Å². The molecule has 6 nitrogen and oxygen atoms in total. The van der Waals surface area contributed by atoms with Crippen molar-refractivity contribution in [2.45, 2.75) is 170 Å². The summed E-state index contributed by atoms with van der Waals surface area (Å²) in [6, 6.07) is 0. The standard InChI is InChI=1S/C21H39NO3.C5H12O.C3H8O.C2H6/c1-20(24)16-14-12-10-8-6-4-2-3-5-7-9-11-13-15-17-21(25)22-18-19-23;1-5(2,3)6-4;1-3(2)4;1-2/h19H,2-18H2,1H3,(H,22,25);1-4H3;3-4H,1-2H3;1-2H3. The van der Waals surface area contributed by atoms with E-state index >= 15 is 0 Å². The van der Waals surface area contributed by atoms with Crippen LogP contribution in [0.5, 0.6) is 0 Å². The van der Waals surface area contributed by atoms with E-state index < -0.39 is 0 Å². The van der Waals surface area contributed by atoms with Crippen molar-refractivity contribution < 1.29 is 24.2 Å². The van der Waals surface area contributed by atoms with Crippen LogP contribution >= 0.6 is 0 Å². The molecule has 0 atom stereocenters. The van der Waals surface area contributed by atoms with Gasteiger partial charge in [0.2, 0.25) is 5.91 Å². The van der Waals surface area contributed by atoms with Crippen molar-refractivity contribution in [2.75, 3.05) is 13.7 Å². The zero-order valence-corrected chi connectivity index (χ0v) is 26.3. The molecule has 0 heterocycles. The molecule has 0 aliphatic carbocycles. The zero-order chi connectivity index (χ0) is 29.4. The molecule has 2 N–H and O–H groups in total. The number of Topliss-reactive ketones (excluding diaryl/α,β-unsaturated/α-hetero) is 1. The topological polar surface area (TPSA) is 92.7 Å². The molecule has 1 amide bonds. The molecule has 0 unspecified atom stereocenters. The third-order valence-corrected chi connectivity index (χ3v) is 5.18. The molecule has 0 aromatic rings. The van der Waals surface area contributed by atoms with Gasteiger partial charge in [-0.15, -0.1) is 0 Å². The Balaban J connectivity index is -0.000000376. The van der Waals surface area contributed by atoms with Crippen molar-refractivity contribution >= 4 is 18.0 Å². The molecule has 0 aromatic heterocycles. The summed E-state index contributed by atoms with van der Waals surface area (Å²) in [4.78, 5) is 32.2. The minimum absolute atomic E-state index is 0.00838. The Kier molecular flexibility index (Phi) is 40.2. The van der Waals surface area contributed by atoms with Crippen molar-refractivity contribution in [1.82, 2.24) is 5.32 Å². The first-order chi connectivity index (χ1) is 17.5. The molecule has 0 spiro atoms. The SMILES string of the molecule is CC.CC(=O)CCCCCCCCCCCCCCCCC(=O)NCC=O.CC(C)O.COC(C)(C)C. The maximum atomic E-state index is 11.3. The molecule has 0 radical (unpaired) electrons. The van der Waals surface area contributed by atoms with Gasteiger partial charge in [0.25, 0.3) is 0 Å². The Morgan fingerprint density at radius 3 is 1.27 bits per heavy atom. The number of ketones is 1. The third-order valence-electron chi connectivity index (χ3n) is 5.18. The summed E-state index contributed by atoms with van der Waals surface area (Å²) >= 11 is 0. The van der Waals surface area contributed by atoms with E-state index in [-0.39, 0.29) is 24.2 Å². The van der Waals surface area contributed by atoms with Crippen LogP contribution in [0.2, 0.25) is 0 Å². The van der Waals surface area contributed by atoms with Gasteiger partial charge in [-0.3, -0.25) is 4.79 Å². The number of aldehydes is 1. The Bertz CT molecular complexity index is 470. The number of aliphatic hydroxyl groups excluding tert-OH is 1. The number of carbonyl (C=O) groups excluding carboxylic acids is 3. The first-order valence-corrected chi connectivity index (χ1v) is 14.9. The van der Waals surface area contributed by atoms with E-state index in [4.69, 9.17) is 9.84 Å². The van der Waals surface area contributed by atoms with Gasteiger partial charge in [0, 0.05) is 26.1 Å². The van der Waals surface area contributed by atoms with Gasteiger partial charge >= 0.3 is 0 Å². The highest BCUT2D eigenvalue weighted by atomic mass is 16.5. The Labute approximate surface area is 231 Å². The number of hydrogen-bond acceptors (Lipinski definition) is 5. The summed E-state index contributed by atoms with van der Waals surface area (Å²) in [5, 5.41) is 10.6. The number of aliphatic hydroxyl groups is 1. The van der Waals surface area contributed by atoms with E-state index in [9.17, 15) is 14.4 Å². The monoisotopic (exact) mass is 531 g/mol. The highest BCUT2D eigenvalue weighted by molar-refractivity contribution is 5.78. The zero-order valence-electron chi connectivity index (χ0n) is 26.3. The number of ether oxygens (including phenoxy) is 1. The molecule has 224 valence electrons. The fourth-order valence-electron chi connectivity index (χ4n) is 3.02. The first kappa shape index (κ1) is 42.8. The number of hydrogen-bond donors (Lipinski definition) is 2. The molecule has 0 bridgehead atoms. The van der Waals surface area contributed by atoms with E-state index in [0.717, 1.165) is 25.7 Å². The quantitative estimate of drug-likeness (QED) is 0.130. The third kappa shape index (κ3) is 60.8. The fraction of sp³-hybridized carbons (Fsp3) is 0.903. The number of amides is 1. The predicted molar refractivity (Wildman–Crippen MR) is 159 cm³/mol. The van der Waals surface area contributed by atoms with Gasteiger partial charge in [0.1, 0.15) is 12.1 Å². The molecule has 0 rings (SSSR count). The molecule has 0 aliphatic heterocycles. The molecule has 0 saturated carbocycles. The molecule has 0 saturated heterocycles. The van der Waals surface area contributed by atoms with Gasteiger partial charge in [-0.05, 0) is 54.4 Å². The van der Waals surface area contributed by atoms with Crippen LogP contribution in [0.1, 0.15) is 158 Å². The Morgan fingerprint density at radius 2 is 1.03 bits per heavy atom. The van der Waals surface area contributed by atoms with E-state index in [0.29, 0.717) is 18.5 Å². The summed E-state index contributed by atoms with van der Waals surface area (Å²) in [6.45, 7) is 15.3. The predicted octanol–water partition coefficient (Wildman–Crippen LogP) is 7.98. The van der Waals surface area contributed by atoms with Crippen molar-refractivity contribution in [2.24, 2.45) is 0 Å². The fourth-order valence-corrected chi connectivity index (χ4v) is 3.02. The number of unbranched alkanes of at least 4 members (excludes halogenated alkanes) is 13. The minimum atomic E-state index is -0.167. The lowest BCUT2D eigenvalue weighted by Gasteiger charge is -2.14. The van der Waals surface area contributed by atoms with E-state index in [1.807, 2.05) is 34.6 Å².